The molecule has 3 nitrogen and oxygen atoms in total. The van der Waals surface area contributed by atoms with E-state index in [0.29, 0.717) is 5.25 Å². The number of nitrogens with one attached hydrogen (secondary N) is 1. The molecule has 2 unspecified atom stereocenters. The number of benzene rings is 1. The van der Waals surface area contributed by atoms with Crippen LogP contribution in [-0.4, -0.2) is 17.3 Å². The molecular weight excluding hydrogens is 268 g/mol. The van der Waals surface area contributed by atoms with Crippen LogP contribution in [0.3, 0.4) is 0 Å². The molecule has 1 N–H and O–H groups in total. The Balaban J connectivity index is 2.12. The Hall–Kier alpha value is -1.26. The summed E-state index contributed by atoms with van der Waals surface area (Å²) in [6.45, 7) is 8.23. The lowest BCUT2D eigenvalue weighted by Gasteiger charge is -2.22. The van der Waals surface area contributed by atoms with Gasteiger partial charge in [-0.1, -0.05) is 48.5 Å². The van der Waals surface area contributed by atoms with E-state index in [-0.39, 0.29) is 6.04 Å². The largest absolute Gasteiger partial charge is 0.437 e. The van der Waals surface area contributed by atoms with Crippen LogP contribution in [0.5, 0.6) is 0 Å². The minimum absolute atomic E-state index is 0.271. The van der Waals surface area contributed by atoms with Crippen molar-refractivity contribution in [1.29, 1.82) is 0 Å². The second-order valence-electron chi connectivity index (χ2n) is 5.12. The minimum Gasteiger partial charge on any atom is -0.437 e. The zero-order valence-electron chi connectivity index (χ0n) is 12.7. The van der Waals surface area contributed by atoms with E-state index in [1.165, 1.54) is 11.1 Å². The number of hydrogen-bond donors (Lipinski definition) is 1. The van der Waals surface area contributed by atoms with Crippen LogP contribution in [0.2, 0.25) is 0 Å². The van der Waals surface area contributed by atoms with Crippen LogP contribution in [0, 0.1) is 20.8 Å². The molecule has 2 aromatic rings. The first-order chi connectivity index (χ1) is 9.51. The molecule has 1 heterocycles. The van der Waals surface area contributed by atoms with Gasteiger partial charge in [-0.25, -0.2) is 4.98 Å². The fourth-order valence-corrected chi connectivity index (χ4v) is 3.28. The number of oxazole rings is 1. The van der Waals surface area contributed by atoms with Crippen molar-refractivity contribution in [2.24, 2.45) is 0 Å². The fraction of sp³-hybridized carbons (Fsp3) is 0.438. The SMILES string of the molecule is CNC(c1ccc(C)cc1)C(C)Sc1nc(C)c(C)o1. The van der Waals surface area contributed by atoms with E-state index >= 15 is 0 Å². The number of nitrogens with zero attached hydrogens (tertiary/aromatic N) is 1. The summed E-state index contributed by atoms with van der Waals surface area (Å²) in [7, 11) is 1.99. The maximum Gasteiger partial charge on any atom is 0.256 e. The first-order valence-corrected chi connectivity index (χ1v) is 7.73. The summed E-state index contributed by atoms with van der Waals surface area (Å²) in [4.78, 5) is 4.44. The molecule has 108 valence electrons. The zero-order valence-corrected chi connectivity index (χ0v) is 13.5. The Labute approximate surface area is 125 Å². The van der Waals surface area contributed by atoms with E-state index in [9.17, 15) is 0 Å². The van der Waals surface area contributed by atoms with Gasteiger partial charge in [0.15, 0.2) is 0 Å². The van der Waals surface area contributed by atoms with Crippen LogP contribution in [0.25, 0.3) is 0 Å². The van der Waals surface area contributed by atoms with E-state index in [1.807, 2.05) is 20.9 Å². The summed E-state index contributed by atoms with van der Waals surface area (Å²) >= 11 is 1.67. The molecule has 0 aliphatic heterocycles. The highest BCUT2D eigenvalue weighted by Gasteiger charge is 2.21. The highest BCUT2D eigenvalue weighted by molar-refractivity contribution is 7.99. The van der Waals surface area contributed by atoms with Crippen molar-refractivity contribution < 1.29 is 4.42 Å². The van der Waals surface area contributed by atoms with Gasteiger partial charge in [-0.3, -0.25) is 0 Å². The Morgan fingerprint density at radius 3 is 2.30 bits per heavy atom. The van der Waals surface area contributed by atoms with Crippen molar-refractivity contribution in [3.8, 4) is 0 Å². The van der Waals surface area contributed by atoms with Gasteiger partial charge in [0.1, 0.15) is 5.76 Å². The average Bonchev–Trinajstić information content (AvgIpc) is 2.71. The van der Waals surface area contributed by atoms with Gasteiger partial charge in [0.2, 0.25) is 0 Å². The van der Waals surface area contributed by atoms with Gasteiger partial charge in [0.25, 0.3) is 5.22 Å². The average molecular weight is 290 g/mol. The molecule has 1 aromatic heterocycles. The van der Waals surface area contributed by atoms with Crippen LogP contribution < -0.4 is 5.32 Å². The normalized spacial score (nSPS) is 14.2. The Bertz CT molecular complexity index is 543. The van der Waals surface area contributed by atoms with Crippen molar-refractivity contribution in [1.82, 2.24) is 10.3 Å². The summed E-state index contributed by atoms with van der Waals surface area (Å²) in [6, 6.07) is 8.93. The third-order valence-electron chi connectivity index (χ3n) is 3.51. The maximum atomic E-state index is 5.66. The first-order valence-electron chi connectivity index (χ1n) is 6.85. The molecule has 2 rings (SSSR count). The first kappa shape index (κ1) is 15.1. The predicted octanol–water partition coefficient (Wildman–Crippen LogP) is 4.04. The van der Waals surface area contributed by atoms with E-state index < -0.39 is 0 Å². The topological polar surface area (TPSA) is 38.1 Å². The molecule has 20 heavy (non-hydrogen) atoms. The number of hydrogen-bond acceptors (Lipinski definition) is 4. The number of aryl methyl sites for hydroxylation is 3. The Kier molecular flexibility index (Phi) is 4.89. The van der Waals surface area contributed by atoms with Gasteiger partial charge in [-0.2, -0.15) is 0 Å². The molecule has 0 aliphatic carbocycles. The van der Waals surface area contributed by atoms with Crippen molar-refractivity contribution in [3.63, 3.8) is 0 Å². The van der Waals surface area contributed by atoms with Gasteiger partial charge >= 0.3 is 0 Å². The molecule has 0 aliphatic rings. The number of thioether (sulfide) groups is 1. The van der Waals surface area contributed by atoms with E-state index in [4.69, 9.17) is 4.42 Å². The van der Waals surface area contributed by atoms with Crippen molar-refractivity contribution in [2.45, 2.75) is 44.2 Å². The molecule has 0 saturated carbocycles. The molecule has 1 aromatic carbocycles. The Morgan fingerprint density at radius 1 is 1.15 bits per heavy atom. The molecule has 0 fully saturated rings. The smallest absolute Gasteiger partial charge is 0.256 e. The molecular formula is C16H22N2OS. The standard InChI is InChI=1S/C16H22N2OS/c1-10-6-8-14(9-7-10)15(17-5)13(4)20-16-18-11(2)12(3)19-16/h6-9,13,15,17H,1-5H3. The van der Waals surface area contributed by atoms with Crippen LogP contribution in [0.4, 0.5) is 0 Å². The summed E-state index contributed by atoms with van der Waals surface area (Å²) in [6.07, 6.45) is 0. The highest BCUT2D eigenvalue weighted by Crippen LogP contribution is 2.32. The zero-order chi connectivity index (χ0) is 14.7. The number of aromatic nitrogens is 1. The second kappa shape index (κ2) is 6.46. The third-order valence-corrected chi connectivity index (χ3v) is 4.53. The number of rotatable bonds is 5. The molecule has 0 saturated heterocycles. The van der Waals surface area contributed by atoms with Crippen molar-refractivity contribution in [2.75, 3.05) is 7.05 Å². The van der Waals surface area contributed by atoms with Crippen LogP contribution in [-0.2, 0) is 0 Å². The quantitative estimate of drug-likeness (QED) is 0.843. The van der Waals surface area contributed by atoms with Crippen molar-refractivity contribution >= 4 is 11.8 Å². The third kappa shape index (κ3) is 3.44. The monoisotopic (exact) mass is 290 g/mol. The molecule has 0 spiro atoms. The summed E-state index contributed by atoms with van der Waals surface area (Å²) in [5.74, 6) is 0.899. The van der Waals surface area contributed by atoms with Gasteiger partial charge < -0.3 is 9.73 Å². The van der Waals surface area contributed by atoms with E-state index in [1.54, 1.807) is 11.8 Å². The van der Waals surface area contributed by atoms with Gasteiger partial charge in [-0.15, -0.1) is 0 Å². The van der Waals surface area contributed by atoms with E-state index in [0.717, 1.165) is 16.7 Å². The maximum absolute atomic E-state index is 5.66. The summed E-state index contributed by atoms with van der Waals surface area (Å²) in [5, 5.41) is 4.47. The molecule has 0 amide bonds. The lowest BCUT2D eigenvalue weighted by atomic mass is 10.0. The summed E-state index contributed by atoms with van der Waals surface area (Å²) < 4.78 is 5.66. The lowest BCUT2D eigenvalue weighted by Crippen LogP contribution is -2.25. The molecule has 4 heteroatoms. The van der Waals surface area contributed by atoms with Crippen LogP contribution in [0.1, 0.15) is 35.5 Å². The van der Waals surface area contributed by atoms with Gasteiger partial charge in [0.05, 0.1) is 5.69 Å². The fourth-order valence-electron chi connectivity index (χ4n) is 2.17. The second-order valence-corrected chi connectivity index (χ2v) is 6.45. The summed E-state index contributed by atoms with van der Waals surface area (Å²) in [5.41, 5.74) is 3.54. The lowest BCUT2D eigenvalue weighted by molar-refractivity contribution is 0.428. The van der Waals surface area contributed by atoms with Crippen molar-refractivity contribution in [3.05, 3.63) is 46.8 Å². The predicted molar refractivity (Wildman–Crippen MR) is 84.3 cm³/mol. The van der Waals surface area contributed by atoms with Gasteiger partial charge in [-0.05, 0) is 33.4 Å². The molecule has 0 bridgehead atoms. The minimum atomic E-state index is 0.271. The van der Waals surface area contributed by atoms with Gasteiger partial charge in [0, 0.05) is 11.3 Å². The van der Waals surface area contributed by atoms with E-state index in [2.05, 4.69) is 48.4 Å². The Morgan fingerprint density at radius 2 is 1.80 bits per heavy atom. The molecule has 0 radical (unpaired) electrons. The van der Waals surface area contributed by atoms with Crippen LogP contribution >= 0.6 is 11.8 Å². The molecule has 2 atom stereocenters. The highest BCUT2D eigenvalue weighted by atomic mass is 32.2. The van der Waals surface area contributed by atoms with Crippen LogP contribution in [0.15, 0.2) is 33.9 Å².